The number of amides is 1. The van der Waals surface area contributed by atoms with Gasteiger partial charge in [-0.2, -0.15) is 0 Å². The minimum absolute atomic E-state index is 0.219. The molecule has 1 unspecified atom stereocenters. The lowest BCUT2D eigenvalue weighted by atomic mass is 10.1. The van der Waals surface area contributed by atoms with Crippen LogP contribution in [0.3, 0.4) is 0 Å². The Balaban J connectivity index is 1.80. The minimum Gasteiger partial charge on any atom is -0.445 e. The molecule has 0 spiro atoms. The highest BCUT2D eigenvalue weighted by Gasteiger charge is 2.19. The van der Waals surface area contributed by atoms with E-state index < -0.39 is 0 Å². The number of nitrogens with two attached hydrogens (primary N) is 1. The fraction of sp³-hybridized carbons (Fsp3) is 0.500. The largest absolute Gasteiger partial charge is 0.445 e. The second-order valence-corrected chi connectivity index (χ2v) is 4.72. The van der Waals surface area contributed by atoms with E-state index in [4.69, 9.17) is 10.5 Å². The van der Waals surface area contributed by atoms with Gasteiger partial charge in [0.2, 0.25) is 0 Å². The van der Waals surface area contributed by atoms with Crippen LogP contribution < -0.4 is 5.73 Å². The number of hydrogen-bond donors (Lipinski definition) is 1. The summed E-state index contributed by atoms with van der Waals surface area (Å²) >= 11 is 0. The van der Waals surface area contributed by atoms with E-state index in [1.165, 1.54) is 0 Å². The third-order valence-corrected chi connectivity index (χ3v) is 3.24. The Morgan fingerprint density at radius 2 is 2.06 bits per heavy atom. The lowest BCUT2D eigenvalue weighted by molar-refractivity contribution is 0.0973. The standard InChI is InChI=1S/C14H20N2O2/c15-13-7-4-9-16(10-8-13)14(17)18-11-12-5-2-1-3-6-12/h1-3,5-6,13H,4,7-11,15H2. The molecule has 1 heterocycles. The third-order valence-electron chi connectivity index (χ3n) is 3.24. The normalized spacial score (nSPS) is 20.3. The molecule has 1 fully saturated rings. The lowest BCUT2D eigenvalue weighted by Gasteiger charge is -2.19. The molecule has 1 saturated heterocycles. The summed E-state index contributed by atoms with van der Waals surface area (Å²) in [6.07, 6.45) is 2.58. The van der Waals surface area contributed by atoms with Gasteiger partial charge < -0.3 is 15.4 Å². The number of ether oxygens (including phenoxy) is 1. The Morgan fingerprint density at radius 1 is 1.28 bits per heavy atom. The van der Waals surface area contributed by atoms with Gasteiger partial charge in [-0.05, 0) is 24.8 Å². The average molecular weight is 248 g/mol. The Morgan fingerprint density at radius 3 is 2.83 bits per heavy atom. The van der Waals surface area contributed by atoms with E-state index in [1.54, 1.807) is 4.90 Å². The van der Waals surface area contributed by atoms with E-state index in [2.05, 4.69) is 0 Å². The maximum atomic E-state index is 11.9. The fourth-order valence-corrected chi connectivity index (χ4v) is 2.12. The molecule has 2 N–H and O–H groups in total. The second-order valence-electron chi connectivity index (χ2n) is 4.72. The molecule has 1 amide bonds. The molecule has 4 nitrogen and oxygen atoms in total. The highest BCUT2D eigenvalue weighted by atomic mass is 16.6. The Hall–Kier alpha value is -1.55. The van der Waals surface area contributed by atoms with Gasteiger partial charge in [-0.1, -0.05) is 30.3 Å². The van der Waals surface area contributed by atoms with Gasteiger partial charge in [-0.3, -0.25) is 0 Å². The van der Waals surface area contributed by atoms with E-state index in [0.29, 0.717) is 13.2 Å². The number of likely N-dealkylation sites (tertiary alicyclic amines) is 1. The van der Waals surface area contributed by atoms with Crippen LogP contribution in [0.25, 0.3) is 0 Å². The molecule has 18 heavy (non-hydrogen) atoms. The molecule has 1 aromatic carbocycles. The molecule has 0 aliphatic carbocycles. The molecule has 4 heteroatoms. The molecule has 0 radical (unpaired) electrons. The smallest absolute Gasteiger partial charge is 0.410 e. The maximum Gasteiger partial charge on any atom is 0.410 e. The number of rotatable bonds is 2. The lowest BCUT2D eigenvalue weighted by Crippen LogP contribution is -2.33. The van der Waals surface area contributed by atoms with Crippen molar-refractivity contribution in [2.45, 2.75) is 31.9 Å². The van der Waals surface area contributed by atoms with Crippen LogP contribution in [-0.2, 0) is 11.3 Å². The third kappa shape index (κ3) is 3.74. The molecule has 0 saturated carbocycles. The van der Waals surface area contributed by atoms with Crippen molar-refractivity contribution in [3.63, 3.8) is 0 Å². The van der Waals surface area contributed by atoms with Crippen molar-refractivity contribution in [3.8, 4) is 0 Å². The van der Waals surface area contributed by atoms with Gasteiger partial charge >= 0.3 is 6.09 Å². The Labute approximate surface area is 108 Å². The van der Waals surface area contributed by atoms with E-state index >= 15 is 0 Å². The van der Waals surface area contributed by atoms with Crippen molar-refractivity contribution in [3.05, 3.63) is 35.9 Å². The summed E-state index contributed by atoms with van der Waals surface area (Å²) in [5.74, 6) is 0. The van der Waals surface area contributed by atoms with Crippen molar-refractivity contribution in [1.82, 2.24) is 4.90 Å². The van der Waals surface area contributed by atoms with Gasteiger partial charge in [-0.25, -0.2) is 4.79 Å². The molecular weight excluding hydrogens is 228 g/mol. The molecule has 2 rings (SSSR count). The van der Waals surface area contributed by atoms with E-state index in [-0.39, 0.29) is 12.1 Å². The Bertz CT molecular complexity index is 381. The Kier molecular flexibility index (Phi) is 4.59. The zero-order valence-corrected chi connectivity index (χ0v) is 10.5. The first kappa shape index (κ1) is 12.9. The summed E-state index contributed by atoms with van der Waals surface area (Å²) in [6, 6.07) is 9.94. The summed E-state index contributed by atoms with van der Waals surface area (Å²) < 4.78 is 5.30. The number of nitrogens with zero attached hydrogens (tertiary/aromatic N) is 1. The average Bonchev–Trinajstić information content (AvgIpc) is 2.62. The van der Waals surface area contributed by atoms with Crippen LogP contribution in [0.4, 0.5) is 4.79 Å². The SMILES string of the molecule is NC1CCCN(C(=O)OCc2ccccc2)CC1. The molecule has 1 aromatic rings. The number of carbonyl (C=O) groups excluding carboxylic acids is 1. The van der Waals surface area contributed by atoms with Crippen molar-refractivity contribution in [2.24, 2.45) is 5.73 Å². The predicted molar refractivity (Wildman–Crippen MR) is 70.0 cm³/mol. The first-order chi connectivity index (χ1) is 8.75. The van der Waals surface area contributed by atoms with Gasteiger partial charge in [0.15, 0.2) is 0 Å². The minimum atomic E-state index is -0.229. The summed E-state index contributed by atoms with van der Waals surface area (Å²) in [6.45, 7) is 1.79. The van der Waals surface area contributed by atoms with Crippen molar-refractivity contribution in [1.29, 1.82) is 0 Å². The first-order valence-corrected chi connectivity index (χ1v) is 6.47. The van der Waals surface area contributed by atoms with Crippen LogP contribution in [-0.4, -0.2) is 30.1 Å². The second kappa shape index (κ2) is 6.40. The zero-order chi connectivity index (χ0) is 12.8. The monoisotopic (exact) mass is 248 g/mol. The maximum absolute atomic E-state index is 11.9. The highest BCUT2D eigenvalue weighted by molar-refractivity contribution is 5.67. The van der Waals surface area contributed by atoms with Gasteiger partial charge in [0.25, 0.3) is 0 Å². The topological polar surface area (TPSA) is 55.6 Å². The summed E-state index contributed by atoms with van der Waals surface area (Å²) in [5, 5.41) is 0. The summed E-state index contributed by atoms with van der Waals surface area (Å²) in [5.41, 5.74) is 6.89. The molecule has 1 aliphatic heterocycles. The molecule has 1 aliphatic rings. The van der Waals surface area contributed by atoms with Crippen LogP contribution >= 0.6 is 0 Å². The van der Waals surface area contributed by atoms with Crippen molar-refractivity contribution >= 4 is 6.09 Å². The van der Waals surface area contributed by atoms with Crippen LogP contribution in [0.2, 0.25) is 0 Å². The molecular formula is C14H20N2O2. The van der Waals surface area contributed by atoms with Gasteiger partial charge in [-0.15, -0.1) is 0 Å². The van der Waals surface area contributed by atoms with Crippen LogP contribution in [0.1, 0.15) is 24.8 Å². The number of benzene rings is 1. The van der Waals surface area contributed by atoms with Crippen molar-refractivity contribution < 1.29 is 9.53 Å². The molecule has 1 atom stereocenters. The zero-order valence-electron chi connectivity index (χ0n) is 10.5. The predicted octanol–water partition coefficient (Wildman–Crippen LogP) is 2.14. The van der Waals surface area contributed by atoms with Crippen LogP contribution in [0.15, 0.2) is 30.3 Å². The van der Waals surface area contributed by atoms with Gasteiger partial charge in [0, 0.05) is 19.1 Å². The molecule has 0 aromatic heterocycles. The van der Waals surface area contributed by atoms with E-state index in [1.807, 2.05) is 30.3 Å². The molecule has 0 bridgehead atoms. The van der Waals surface area contributed by atoms with Gasteiger partial charge in [0.1, 0.15) is 6.61 Å². The van der Waals surface area contributed by atoms with Gasteiger partial charge in [0.05, 0.1) is 0 Å². The summed E-state index contributed by atoms with van der Waals surface area (Å²) in [4.78, 5) is 13.7. The summed E-state index contributed by atoms with van der Waals surface area (Å²) in [7, 11) is 0. The van der Waals surface area contributed by atoms with E-state index in [9.17, 15) is 4.79 Å². The molecule has 98 valence electrons. The quantitative estimate of drug-likeness (QED) is 0.872. The number of hydrogen-bond acceptors (Lipinski definition) is 3. The van der Waals surface area contributed by atoms with E-state index in [0.717, 1.165) is 31.4 Å². The van der Waals surface area contributed by atoms with Crippen LogP contribution in [0.5, 0.6) is 0 Å². The highest BCUT2D eigenvalue weighted by Crippen LogP contribution is 2.11. The van der Waals surface area contributed by atoms with Crippen molar-refractivity contribution in [2.75, 3.05) is 13.1 Å². The fourth-order valence-electron chi connectivity index (χ4n) is 2.12. The van der Waals surface area contributed by atoms with Crippen LogP contribution in [0, 0.1) is 0 Å². The number of carbonyl (C=O) groups is 1. The first-order valence-electron chi connectivity index (χ1n) is 6.47.